The lowest BCUT2D eigenvalue weighted by Gasteiger charge is -2.32. The third-order valence-corrected chi connectivity index (χ3v) is 2.63. The number of amides is 1. The lowest BCUT2D eigenvalue weighted by atomic mass is 9.96. The standard InChI is InChI=1S/C10H18N2O2/c1-7(2)10(13)12-5-4-9(11-14)8(3)6-12/h7-8,14H,4-6H2,1-3H3. The molecule has 1 saturated heterocycles. The zero-order valence-electron chi connectivity index (χ0n) is 9.03. The predicted octanol–water partition coefficient (Wildman–Crippen LogP) is 1.34. The second-order valence-electron chi connectivity index (χ2n) is 4.18. The van der Waals surface area contributed by atoms with Crippen LogP contribution in [0.15, 0.2) is 5.16 Å². The summed E-state index contributed by atoms with van der Waals surface area (Å²) in [5, 5.41) is 11.9. The molecule has 1 aliphatic rings. The first-order chi connectivity index (χ1) is 6.56. The summed E-state index contributed by atoms with van der Waals surface area (Å²) < 4.78 is 0. The molecule has 1 fully saturated rings. The van der Waals surface area contributed by atoms with Gasteiger partial charge in [-0.05, 0) is 0 Å². The summed E-state index contributed by atoms with van der Waals surface area (Å²) in [5.74, 6) is 0.417. The fourth-order valence-corrected chi connectivity index (χ4v) is 1.74. The van der Waals surface area contributed by atoms with Crippen molar-refractivity contribution in [1.29, 1.82) is 0 Å². The number of likely N-dealkylation sites (tertiary alicyclic amines) is 1. The van der Waals surface area contributed by atoms with Gasteiger partial charge in [-0.3, -0.25) is 4.79 Å². The van der Waals surface area contributed by atoms with E-state index in [4.69, 9.17) is 5.21 Å². The van der Waals surface area contributed by atoms with E-state index in [-0.39, 0.29) is 17.7 Å². The van der Waals surface area contributed by atoms with Crippen molar-refractivity contribution in [2.45, 2.75) is 27.2 Å². The summed E-state index contributed by atoms with van der Waals surface area (Å²) in [4.78, 5) is 13.5. The monoisotopic (exact) mass is 198 g/mol. The second-order valence-corrected chi connectivity index (χ2v) is 4.18. The van der Waals surface area contributed by atoms with Crippen LogP contribution in [0, 0.1) is 11.8 Å². The molecule has 0 aromatic heterocycles. The average molecular weight is 198 g/mol. The van der Waals surface area contributed by atoms with Crippen LogP contribution in [0.5, 0.6) is 0 Å². The first-order valence-corrected chi connectivity index (χ1v) is 5.05. The number of oxime groups is 1. The fraction of sp³-hybridized carbons (Fsp3) is 0.800. The van der Waals surface area contributed by atoms with Gasteiger partial charge in [-0.15, -0.1) is 0 Å². The fourth-order valence-electron chi connectivity index (χ4n) is 1.74. The van der Waals surface area contributed by atoms with Gasteiger partial charge in [0.1, 0.15) is 0 Å². The number of hydrogen-bond donors (Lipinski definition) is 1. The smallest absolute Gasteiger partial charge is 0.225 e. The van der Waals surface area contributed by atoms with E-state index in [0.29, 0.717) is 19.5 Å². The molecule has 0 aromatic rings. The normalized spacial score (nSPS) is 25.9. The van der Waals surface area contributed by atoms with Crippen LogP contribution in [0.25, 0.3) is 0 Å². The first kappa shape index (κ1) is 11.0. The molecule has 0 aromatic carbocycles. The Morgan fingerprint density at radius 2 is 2.29 bits per heavy atom. The van der Waals surface area contributed by atoms with Gasteiger partial charge in [0.05, 0.1) is 5.71 Å². The number of carbonyl (C=O) groups excluding carboxylic acids is 1. The summed E-state index contributed by atoms with van der Waals surface area (Å²) in [5.41, 5.74) is 0.804. The third kappa shape index (κ3) is 2.25. The summed E-state index contributed by atoms with van der Waals surface area (Å²) in [7, 11) is 0. The van der Waals surface area contributed by atoms with Gasteiger partial charge in [0.2, 0.25) is 5.91 Å². The molecular weight excluding hydrogens is 180 g/mol. The molecule has 1 aliphatic heterocycles. The van der Waals surface area contributed by atoms with Crippen LogP contribution < -0.4 is 0 Å². The highest BCUT2D eigenvalue weighted by atomic mass is 16.4. The van der Waals surface area contributed by atoms with Crippen molar-refractivity contribution in [3.05, 3.63) is 0 Å². The van der Waals surface area contributed by atoms with Gasteiger partial charge in [-0.1, -0.05) is 25.9 Å². The van der Waals surface area contributed by atoms with Crippen molar-refractivity contribution >= 4 is 11.6 Å². The van der Waals surface area contributed by atoms with Gasteiger partial charge in [0, 0.05) is 31.3 Å². The van der Waals surface area contributed by atoms with Crippen LogP contribution in [0.4, 0.5) is 0 Å². The van der Waals surface area contributed by atoms with Crippen LogP contribution in [0.3, 0.4) is 0 Å². The van der Waals surface area contributed by atoms with Crippen molar-refractivity contribution in [2.24, 2.45) is 17.0 Å². The number of carbonyl (C=O) groups is 1. The minimum absolute atomic E-state index is 0.0508. The summed E-state index contributed by atoms with van der Waals surface area (Å²) in [6, 6.07) is 0. The lowest BCUT2D eigenvalue weighted by molar-refractivity contribution is -0.135. The maximum absolute atomic E-state index is 11.7. The molecule has 1 unspecified atom stereocenters. The minimum Gasteiger partial charge on any atom is -0.411 e. The largest absolute Gasteiger partial charge is 0.411 e. The molecule has 1 heterocycles. The molecule has 0 bridgehead atoms. The first-order valence-electron chi connectivity index (χ1n) is 5.05. The van der Waals surface area contributed by atoms with Gasteiger partial charge < -0.3 is 10.1 Å². The molecule has 4 heteroatoms. The van der Waals surface area contributed by atoms with E-state index in [1.165, 1.54) is 0 Å². The molecule has 0 saturated carbocycles. The van der Waals surface area contributed by atoms with Gasteiger partial charge in [0.15, 0.2) is 0 Å². The number of nitrogens with zero attached hydrogens (tertiary/aromatic N) is 2. The summed E-state index contributed by atoms with van der Waals surface area (Å²) in [6.07, 6.45) is 0.691. The molecule has 1 N–H and O–H groups in total. The highest BCUT2D eigenvalue weighted by Crippen LogP contribution is 2.15. The third-order valence-electron chi connectivity index (χ3n) is 2.63. The van der Waals surface area contributed by atoms with Gasteiger partial charge in [-0.25, -0.2) is 0 Å². The predicted molar refractivity (Wildman–Crippen MR) is 54.4 cm³/mol. The van der Waals surface area contributed by atoms with E-state index in [1.807, 2.05) is 25.7 Å². The molecule has 4 nitrogen and oxygen atoms in total. The zero-order chi connectivity index (χ0) is 10.7. The SMILES string of the molecule is CC(C)C(=O)N1CCC(=NO)C(C)C1. The lowest BCUT2D eigenvalue weighted by Crippen LogP contribution is -2.44. The van der Waals surface area contributed by atoms with Crippen LogP contribution in [0.1, 0.15) is 27.2 Å². The van der Waals surface area contributed by atoms with Gasteiger partial charge in [-0.2, -0.15) is 0 Å². The van der Waals surface area contributed by atoms with E-state index < -0.39 is 0 Å². The second kappa shape index (κ2) is 4.44. The van der Waals surface area contributed by atoms with Crippen LogP contribution in [-0.2, 0) is 4.79 Å². The van der Waals surface area contributed by atoms with E-state index >= 15 is 0 Å². The maximum atomic E-state index is 11.7. The van der Waals surface area contributed by atoms with Crippen molar-refractivity contribution in [3.8, 4) is 0 Å². The quantitative estimate of drug-likeness (QED) is 0.510. The zero-order valence-corrected chi connectivity index (χ0v) is 9.03. The Kier molecular flexibility index (Phi) is 3.49. The van der Waals surface area contributed by atoms with Crippen LogP contribution in [-0.4, -0.2) is 34.8 Å². The Bertz CT molecular complexity index is 249. The number of hydrogen-bond acceptors (Lipinski definition) is 3. The van der Waals surface area contributed by atoms with Crippen LogP contribution in [0.2, 0.25) is 0 Å². The summed E-state index contributed by atoms with van der Waals surface area (Å²) >= 11 is 0. The van der Waals surface area contributed by atoms with Crippen molar-refractivity contribution < 1.29 is 10.0 Å². The molecule has 1 amide bonds. The Labute approximate surface area is 84.6 Å². The maximum Gasteiger partial charge on any atom is 0.225 e. The Morgan fingerprint density at radius 1 is 1.64 bits per heavy atom. The minimum atomic E-state index is 0.0508. The van der Waals surface area contributed by atoms with Gasteiger partial charge >= 0.3 is 0 Å². The molecule has 1 atom stereocenters. The molecule has 1 rings (SSSR count). The number of piperidine rings is 1. The number of rotatable bonds is 1. The molecule has 14 heavy (non-hydrogen) atoms. The van der Waals surface area contributed by atoms with E-state index in [2.05, 4.69) is 5.16 Å². The van der Waals surface area contributed by atoms with E-state index in [9.17, 15) is 4.79 Å². The van der Waals surface area contributed by atoms with Crippen molar-refractivity contribution in [3.63, 3.8) is 0 Å². The van der Waals surface area contributed by atoms with Crippen molar-refractivity contribution in [2.75, 3.05) is 13.1 Å². The van der Waals surface area contributed by atoms with E-state index in [1.54, 1.807) is 0 Å². The van der Waals surface area contributed by atoms with Gasteiger partial charge in [0.25, 0.3) is 0 Å². The summed E-state index contributed by atoms with van der Waals surface area (Å²) in [6.45, 7) is 7.15. The topological polar surface area (TPSA) is 52.9 Å². The highest BCUT2D eigenvalue weighted by Gasteiger charge is 2.26. The Hall–Kier alpha value is -1.06. The molecule has 80 valence electrons. The van der Waals surface area contributed by atoms with E-state index in [0.717, 1.165) is 5.71 Å². The highest BCUT2D eigenvalue weighted by molar-refractivity contribution is 5.89. The average Bonchev–Trinajstić information content (AvgIpc) is 2.16. The molecule has 0 spiro atoms. The molecule has 0 aliphatic carbocycles. The van der Waals surface area contributed by atoms with Crippen LogP contribution >= 0.6 is 0 Å². The Morgan fingerprint density at radius 3 is 2.71 bits per heavy atom. The van der Waals surface area contributed by atoms with Crippen molar-refractivity contribution in [1.82, 2.24) is 4.90 Å². The molecule has 0 radical (unpaired) electrons. The Balaban J connectivity index is 2.59. The molecular formula is C10H18N2O2.